The zero-order valence-corrected chi connectivity index (χ0v) is 13.5. The normalized spacial score (nSPS) is 12.4. The van der Waals surface area contributed by atoms with Gasteiger partial charge in [0.05, 0.1) is 6.61 Å². The number of thioether (sulfide) groups is 1. The van der Waals surface area contributed by atoms with Gasteiger partial charge in [-0.15, -0.1) is 0 Å². The zero-order valence-electron chi connectivity index (χ0n) is 12.7. The monoisotopic (exact) mass is 281 g/mol. The molecule has 0 aliphatic carbocycles. The van der Waals surface area contributed by atoms with Gasteiger partial charge in [-0.2, -0.15) is 11.8 Å². The molecule has 0 bridgehead atoms. The van der Waals surface area contributed by atoms with Crippen LogP contribution in [0.15, 0.2) is 18.2 Å². The number of benzene rings is 1. The van der Waals surface area contributed by atoms with Crippen LogP contribution < -0.4 is 10.1 Å². The Kier molecular flexibility index (Phi) is 7.99. The lowest BCUT2D eigenvalue weighted by atomic mass is 10.0. The van der Waals surface area contributed by atoms with Gasteiger partial charge in [-0.3, -0.25) is 0 Å². The molecule has 0 saturated carbocycles. The van der Waals surface area contributed by atoms with Gasteiger partial charge in [0.25, 0.3) is 0 Å². The standard InChI is InChI=1S/C16H27NOS/c1-5-10-19-12-15-11-14(13(4)17-6-2)8-9-16(15)18-7-3/h8-9,11,13,17H,5-7,10,12H2,1-4H3. The molecular weight excluding hydrogens is 254 g/mol. The third-order valence-electron chi connectivity index (χ3n) is 3.00. The first-order chi connectivity index (χ1) is 9.22. The molecule has 1 aromatic rings. The van der Waals surface area contributed by atoms with E-state index in [2.05, 4.69) is 44.3 Å². The van der Waals surface area contributed by atoms with Gasteiger partial charge in [-0.1, -0.05) is 19.9 Å². The van der Waals surface area contributed by atoms with Crippen molar-refractivity contribution in [1.82, 2.24) is 5.32 Å². The molecule has 1 unspecified atom stereocenters. The molecule has 0 fully saturated rings. The molecule has 0 heterocycles. The molecule has 1 N–H and O–H groups in total. The summed E-state index contributed by atoms with van der Waals surface area (Å²) in [4.78, 5) is 0. The topological polar surface area (TPSA) is 21.3 Å². The maximum absolute atomic E-state index is 5.73. The van der Waals surface area contributed by atoms with Crippen molar-refractivity contribution in [2.75, 3.05) is 18.9 Å². The highest BCUT2D eigenvalue weighted by molar-refractivity contribution is 7.98. The van der Waals surface area contributed by atoms with Gasteiger partial charge in [0.2, 0.25) is 0 Å². The molecule has 3 heteroatoms. The lowest BCUT2D eigenvalue weighted by Gasteiger charge is -2.16. The smallest absolute Gasteiger partial charge is 0.123 e. The van der Waals surface area contributed by atoms with Crippen LogP contribution in [0.1, 0.15) is 51.3 Å². The molecule has 1 rings (SSSR count). The number of rotatable bonds is 9. The van der Waals surface area contributed by atoms with Gasteiger partial charge in [-0.05, 0) is 50.3 Å². The van der Waals surface area contributed by atoms with E-state index in [0.717, 1.165) is 24.7 Å². The Morgan fingerprint density at radius 2 is 2.05 bits per heavy atom. The number of ether oxygens (including phenoxy) is 1. The highest BCUT2D eigenvalue weighted by atomic mass is 32.2. The summed E-state index contributed by atoms with van der Waals surface area (Å²) in [6.45, 7) is 10.3. The summed E-state index contributed by atoms with van der Waals surface area (Å²) in [6.07, 6.45) is 1.22. The maximum atomic E-state index is 5.73. The largest absolute Gasteiger partial charge is 0.494 e. The minimum atomic E-state index is 0.399. The summed E-state index contributed by atoms with van der Waals surface area (Å²) in [5.41, 5.74) is 2.67. The van der Waals surface area contributed by atoms with Crippen LogP contribution in [0.4, 0.5) is 0 Å². The summed E-state index contributed by atoms with van der Waals surface area (Å²) in [5.74, 6) is 3.28. The first kappa shape index (κ1) is 16.4. The van der Waals surface area contributed by atoms with E-state index >= 15 is 0 Å². The maximum Gasteiger partial charge on any atom is 0.123 e. The van der Waals surface area contributed by atoms with Gasteiger partial charge >= 0.3 is 0 Å². The Bertz CT molecular complexity index is 368. The SMILES string of the molecule is CCCSCc1cc(C(C)NCC)ccc1OCC. The minimum absolute atomic E-state index is 0.399. The second-order valence-electron chi connectivity index (χ2n) is 4.63. The van der Waals surface area contributed by atoms with Crippen LogP contribution in [0.3, 0.4) is 0 Å². The third kappa shape index (κ3) is 5.45. The van der Waals surface area contributed by atoms with Crippen molar-refractivity contribution in [3.8, 4) is 5.75 Å². The lowest BCUT2D eigenvalue weighted by Crippen LogP contribution is -2.17. The summed E-state index contributed by atoms with van der Waals surface area (Å²) in [7, 11) is 0. The summed E-state index contributed by atoms with van der Waals surface area (Å²) < 4.78 is 5.73. The fourth-order valence-corrected chi connectivity index (χ4v) is 2.91. The molecule has 0 radical (unpaired) electrons. The second kappa shape index (κ2) is 9.27. The molecule has 0 aliphatic heterocycles. The van der Waals surface area contributed by atoms with Crippen LogP contribution in [0.25, 0.3) is 0 Å². The van der Waals surface area contributed by atoms with Crippen molar-refractivity contribution in [1.29, 1.82) is 0 Å². The molecule has 1 atom stereocenters. The zero-order chi connectivity index (χ0) is 14.1. The quantitative estimate of drug-likeness (QED) is 0.678. The first-order valence-electron chi connectivity index (χ1n) is 7.29. The van der Waals surface area contributed by atoms with Crippen molar-refractivity contribution in [2.24, 2.45) is 0 Å². The Labute approximate surface area is 122 Å². The molecule has 0 spiro atoms. The minimum Gasteiger partial charge on any atom is -0.494 e. The molecule has 19 heavy (non-hydrogen) atoms. The van der Waals surface area contributed by atoms with E-state index in [1.807, 2.05) is 18.7 Å². The van der Waals surface area contributed by atoms with E-state index in [4.69, 9.17) is 4.74 Å². The summed E-state index contributed by atoms with van der Waals surface area (Å²) >= 11 is 1.98. The number of hydrogen-bond donors (Lipinski definition) is 1. The van der Waals surface area contributed by atoms with Gasteiger partial charge < -0.3 is 10.1 Å². The molecular formula is C16H27NOS. The van der Waals surface area contributed by atoms with E-state index in [-0.39, 0.29) is 0 Å². The van der Waals surface area contributed by atoms with Crippen LogP contribution in [0.2, 0.25) is 0 Å². The first-order valence-corrected chi connectivity index (χ1v) is 8.45. The van der Waals surface area contributed by atoms with Crippen molar-refractivity contribution in [3.05, 3.63) is 29.3 Å². The predicted molar refractivity (Wildman–Crippen MR) is 86.2 cm³/mol. The van der Waals surface area contributed by atoms with Crippen molar-refractivity contribution >= 4 is 11.8 Å². The average molecular weight is 281 g/mol. The van der Waals surface area contributed by atoms with Crippen molar-refractivity contribution in [2.45, 2.75) is 45.9 Å². The Balaban J connectivity index is 2.83. The second-order valence-corrected chi connectivity index (χ2v) is 5.74. The average Bonchev–Trinajstić information content (AvgIpc) is 2.41. The number of hydrogen-bond acceptors (Lipinski definition) is 3. The molecule has 0 amide bonds. The lowest BCUT2D eigenvalue weighted by molar-refractivity contribution is 0.337. The van der Waals surface area contributed by atoms with E-state index in [9.17, 15) is 0 Å². The van der Waals surface area contributed by atoms with Crippen LogP contribution in [-0.4, -0.2) is 18.9 Å². The van der Waals surface area contributed by atoms with E-state index in [1.54, 1.807) is 0 Å². The summed E-state index contributed by atoms with van der Waals surface area (Å²) in [6, 6.07) is 6.98. The van der Waals surface area contributed by atoms with E-state index in [0.29, 0.717) is 6.04 Å². The summed E-state index contributed by atoms with van der Waals surface area (Å²) in [5, 5.41) is 3.46. The molecule has 2 nitrogen and oxygen atoms in total. The van der Waals surface area contributed by atoms with E-state index in [1.165, 1.54) is 23.3 Å². The van der Waals surface area contributed by atoms with Gasteiger partial charge in [0.1, 0.15) is 5.75 Å². The van der Waals surface area contributed by atoms with E-state index < -0.39 is 0 Å². The van der Waals surface area contributed by atoms with Gasteiger partial charge in [0, 0.05) is 17.4 Å². The number of nitrogens with one attached hydrogen (secondary N) is 1. The highest BCUT2D eigenvalue weighted by Crippen LogP contribution is 2.27. The fraction of sp³-hybridized carbons (Fsp3) is 0.625. The molecule has 0 aromatic heterocycles. The molecule has 108 valence electrons. The Hall–Kier alpha value is -0.670. The molecule has 1 aromatic carbocycles. The van der Waals surface area contributed by atoms with Crippen molar-refractivity contribution < 1.29 is 4.74 Å². The van der Waals surface area contributed by atoms with Gasteiger partial charge in [-0.25, -0.2) is 0 Å². The predicted octanol–water partition coefficient (Wildman–Crippen LogP) is 4.40. The highest BCUT2D eigenvalue weighted by Gasteiger charge is 2.09. The van der Waals surface area contributed by atoms with Crippen LogP contribution in [0, 0.1) is 0 Å². The van der Waals surface area contributed by atoms with Crippen LogP contribution >= 0.6 is 11.8 Å². The van der Waals surface area contributed by atoms with Crippen LogP contribution in [0.5, 0.6) is 5.75 Å². The third-order valence-corrected chi connectivity index (χ3v) is 4.21. The Morgan fingerprint density at radius 1 is 1.26 bits per heavy atom. The van der Waals surface area contributed by atoms with Crippen molar-refractivity contribution in [3.63, 3.8) is 0 Å². The van der Waals surface area contributed by atoms with Crippen LogP contribution in [-0.2, 0) is 5.75 Å². The Morgan fingerprint density at radius 3 is 2.68 bits per heavy atom. The molecule has 0 aliphatic rings. The molecule has 0 saturated heterocycles. The van der Waals surface area contributed by atoms with Gasteiger partial charge in [0.15, 0.2) is 0 Å². The fourth-order valence-electron chi connectivity index (χ4n) is 2.03.